The van der Waals surface area contributed by atoms with Crippen LogP contribution in [0, 0.1) is 0 Å². The number of hydrogen-bond donors (Lipinski definition) is 0. The summed E-state index contributed by atoms with van der Waals surface area (Å²) in [4.78, 5) is 9.30. The molecule has 0 saturated heterocycles. The second-order valence-electron chi connectivity index (χ2n) is 9.39. The van der Waals surface area contributed by atoms with Crippen LogP contribution < -0.4 is 0 Å². The fraction of sp³-hybridized carbons (Fsp3) is 0.308. The summed E-state index contributed by atoms with van der Waals surface area (Å²) in [5, 5.41) is 3.72. The molecule has 2 heterocycles. The Labute approximate surface area is 167 Å². The maximum atomic E-state index is 5.03. The van der Waals surface area contributed by atoms with Crippen molar-refractivity contribution in [1.29, 1.82) is 0 Å². The summed E-state index contributed by atoms with van der Waals surface area (Å²) in [7, 11) is 0. The van der Waals surface area contributed by atoms with Gasteiger partial charge >= 0.3 is 0 Å². The van der Waals surface area contributed by atoms with Crippen LogP contribution in [0.1, 0.15) is 51.4 Å². The third-order valence-electron chi connectivity index (χ3n) is 5.63. The SMILES string of the molecule is CC(C)(C)c1cccc2nc(CC(C)(C)c3cccc4cnccc34)ccc12. The van der Waals surface area contributed by atoms with Gasteiger partial charge in [-0.2, -0.15) is 0 Å². The maximum Gasteiger partial charge on any atom is 0.0708 e. The highest BCUT2D eigenvalue weighted by Crippen LogP contribution is 2.34. The Balaban J connectivity index is 1.75. The molecule has 4 rings (SSSR count). The molecule has 0 atom stereocenters. The lowest BCUT2D eigenvalue weighted by Gasteiger charge is -2.27. The Morgan fingerprint density at radius 1 is 0.750 bits per heavy atom. The molecule has 0 radical (unpaired) electrons. The average molecular weight is 369 g/mol. The fourth-order valence-electron chi connectivity index (χ4n) is 4.21. The van der Waals surface area contributed by atoms with Crippen molar-refractivity contribution in [3.05, 3.63) is 83.8 Å². The van der Waals surface area contributed by atoms with E-state index in [0.29, 0.717) is 0 Å². The van der Waals surface area contributed by atoms with Crippen molar-refractivity contribution in [3.63, 3.8) is 0 Å². The van der Waals surface area contributed by atoms with Gasteiger partial charge in [0, 0.05) is 28.9 Å². The van der Waals surface area contributed by atoms with E-state index in [0.717, 1.165) is 17.6 Å². The van der Waals surface area contributed by atoms with E-state index in [-0.39, 0.29) is 10.8 Å². The van der Waals surface area contributed by atoms with Crippen molar-refractivity contribution in [2.24, 2.45) is 0 Å². The molecule has 0 bridgehead atoms. The van der Waals surface area contributed by atoms with Gasteiger partial charge in [0.2, 0.25) is 0 Å². The summed E-state index contributed by atoms with van der Waals surface area (Å²) in [6.45, 7) is 11.4. The first-order valence-electron chi connectivity index (χ1n) is 9.98. The Morgan fingerprint density at radius 3 is 2.29 bits per heavy atom. The topological polar surface area (TPSA) is 25.8 Å². The number of fused-ring (bicyclic) bond motifs is 2. The molecule has 0 aliphatic carbocycles. The minimum atomic E-state index is -0.0246. The van der Waals surface area contributed by atoms with Gasteiger partial charge in [0.05, 0.1) is 5.52 Å². The number of rotatable bonds is 3. The van der Waals surface area contributed by atoms with E-state index in [1.54, 1.807) is 0 Å². The third kappa shape index (κ3) is 3.40. The summed E-state index contributed by atoms with van der Waals surface area (Å²) < 4.78 is 0. The first kappa shape index (κ1) is 18.6. The van der Waals surface area contributed by atoms with Crippen molar-refractivity contribution < 1.29 is 0 Å². The molecule has 2 aromatic heterocycles. The summed E-state index contributed by atoms with van der Waals surface area (Å²) in [5.74, 6) is 0. The molecule has 2 nitrogen and oxygen atoms in total. The lowest BCUT2D eigenvalue weighted by atomic mass is 9.78. The van der Waals surface area contributed by atoms with Crippen molar-refractivity contribution in [3.8, 4) is 0 Å². The monoisotopic (exact) mass is 368 g/mol. The Bertz CT molecular complexity index is 1140. The highest BCUT2D eigenvalue weighted by molar-refractivity contribution is 5.86. The van der Waals surface area contributed by atoms with Crippen LogP contribution in [-0.4, -0.2) is 9.97 Å². The molecule has 0 amide bonds. The third-order valence-corrected chi connectivity index (χ3v) is 5.63. The van der Waals surface area contributed by atoms with Crippen LogP contribution in [0.15, 0.2) is 67.0 Å². The molecule has 0 unspecified atom stereocenters. The lowest BCUT2D eigenvalue weighted by molar-refractivity contribution is 0.520. The average Bonchev–Trinajstić information content (AvgIpc) is 2.66. The summed E-state index contributed by atoms with van der Waals surface area (Å²) >= 11 is 0. The Morgan fingerprint density at radius 2 is 1.50 bits per heavy atom. The second kappa shape index (κ2) is 6.70. The predicted octanol–water partition coefficient (Wildman–Crippen LogP) is 6.60. The lowest BCUT2D eigenvalue weighted by Crippen LogP contribution is -2.21. The summed E-state index contributed by atoms with van der Waals surface area (Å²) in [5.41, 5.74) is 5.00. The van der Waals surface area contributed by atoms with E-state index in [2.05, 4.69) is 94.2 Å². The standard InChI is InChI=1S/C26H28N2/c1-25(2,3)22-9-7-11-24-21(22)13-12-19(28-24)16-26(4,5)23-10-6-8-18-17-27-15-14-20(18)23/h6-15,17H,16H2,1-5H3. The molecule has 0 N–H and O–H groups in total. The number of aromatic nitrogens is 2. The number of hydrogen-bond acceptors (Lipinski definition) is 2. The summed E-state index contributed by atoms with van der Waals surface area (Å²) in [6.07, 6.45) is 4.71. The van der Waals surface area contributed by atoms with Crippen LogP contribution in [0.25, 0.3) is 21.7 Å². The van der Waals surface area contributed by atoms with Gasteiger partial charge in [-0.1, -0.05) is 71.0 Å². The molecular formula is C26H28N2. The highest BCUT2D eigenvalue weighted by atomic mass is 14.7. The maximum absolute atomic E-state index is 5.03. The zero-order chi connectivity index (χ0) is 19.9. The first-order chi connectivity index (χ1) is 13.3. The van der Waals surface area contributed by atoms with E-state index >= 15 is 0 Å². The zero-order valence-corrected chi connectivity index (χ0v) is 17.5. The van der Waals surface area contributed by atoms with Gasteiger partial charge in [0.25, 0.3) is 0 Å². The number of nitrogens with zero attached hydrogens (tertiary/aromatic N) is 2. The molecular weight excluding hydrogens is 340 g/mol. The van der Waals surface area contributed by atoms with Gasteiger partial charge in [-0.25, -0.2) is 0 Å². The smallest absolute Gasteiger partial charge is 0.0708 e. The molecule has 0 fully saturated rings. The molecule has 4 aromatic rings. The summed E-state index contributed by atoms with van der Waals surface area (Å²) in [6, 6.07) is 19.5. The Hall–Kier alpha value is -2.74. The minimum Gasteiger partial charge on any atom is -0.264 e. The van der Waals surface area contributed by atoms with Crippen molar-refractivity contribution in [2.75, 3.05) is 0 Å². The quantitative estimate of drug-likeness (QED) is 0.407. The van der Waals surface area contributed by atoms with Crippen LogP contribution in [-0.2, 0) is 17.3 Å². The largest absolute Gasteiger partial charge is 0.264 e. The van der Waals surface area contributed by atoms with Crippen molar-refractivity contribution in [2.45, 2.75) is 51.9 Å². The van der Waals surface area contributed by atoms with Gasteiger partial charge in [-0.05, 0) is 52.0 Å². The van der Waals surface area contributed by atoms with E-state index in [1.165, 1.54) is 27.3 Å². The van der Waals surface area contributed by atoms with E-state index in [1.807, 2.05) is 12.4 Å². The predicted molar refractivity (Wildman–Crippen MR) is 119 cm³/mol. The Kier molecular flexibility index (Phi) is 4.45. The number of benzene rings is 2. The normalized spacial score (nSPS) is 12.6. The first-order valence-corrected chi connectivity index (χ1v) is 9.98. The molecule has 0 aliphatic rings. The van der Waals surface area contributed by atoms with Gasteiger partial charge in [0.1, 0.15) is 0 Å². The van der Waals surface area contributed by atoms with Crippen LogP contribution >= 0.6 is 0 Å². The molecule has 28 heavy (non-hydrogen) atoms. The second-order valence-corrected chi connectivity index (χ2v) is 9.39. The van der Waals surface area contributed by atoms with Gasteiger partial charge < -0.3 is 0 Å². The van der Waals surface area contributed by atoms with Gasteiger partial charge in [-0.3, -0.25) is 9.97 Å². The van der Waals surface area contributed by atoms with E-state index in [9.17, 15) is 0 Å². The van der Waals surface area contributed by atoms with E-state index in [4.69, 9.17) is 4.98 Å². The van der Waals surface area contributed by atoms with Crippen LogP contribution in [0.3, 0.4) is 0 Å². The van der Waals surface area contributed by atoms with Crippen LogP contribution in [0.2, 0.25) is 0 Å². The van der Waals surface area contributed by atoms with Gasteiger partial charge in [0.15, 0.2) is 0 Å². The number of pyridine rings is 2. The molecule has 0 aliphatic heterocycles. The van der Waals surface area contributed by atoms with Gasteiger partial charge in [-0.15, -0.1) is 0 Å². The molecule has 0 saturated carbocycles. The molecule has 2 aromatic carbocycles. The van der Waals surface area contributed by atoms with Crippen molar-refractivity contribution >= 4 is 21.7 Å². The molecule has 142 valence electrons. The fourth-order valence-corrected chi connectivity index (χ4v) is 4.21. The molecule has 2 heteroatoms. The molecule has 0 spiro atoms. The zero-order valence-electron chi connectivity index (χ0n) is 17.5. The van der Waals surface area contributed by atoms with E-state index < -0.39 is 0 Å². The highest BCUT2D eigenvalue weighted by Gasteiger charge is 2.24. The minimum absolute atomic E-state index is 0.0246. The van der Waals surface area contributed by atoms with Crippen molar-refractivity contribution in [1.82, 2.24) is 9.97 Å². The van der Waals surface area contributed by atoms with Crippen LogP contribution in [0.5, 0.6) is 0 Å². The van der Waals surface area contributed by atoms with Crippen LogP contribution in [0.4, 0.5) is 0 Å².